The van der Waals surface area contributed by atoms with Crippen LogP contribution >= 0.6 is 0 Å². The van der Waals surface area contributed by atoms with Crippen LogP contribution in [0.25, 0.3) is 0 Å². The molecule has 0 aliphatic heterocycles. The lowest BCUT2D eigenvalue weighted by molar-refractivity contribution is 0.102. The molecule has 0 bridgehead atoms. The third-order valence-corrected chi connectivity index (χ3v) is 4.72. The zero-order valence-electron chi connectivity index (χ0n) is 16.5. The number of nitrogens with one attached hydrogen (secondary N) is 1. The van der Waals surface area contributed by atoms with Crippen molar-refractivity contribution in [3.05, 3.63) is 76.1 Å². The van der Waals surface area contributed by atoms with Gasteiger partial charge in [0, 0.05) is 5.56 Å². The summed E-state index contributed by atoms with van der Waals surface area (Å²) in [4.78, 5) is 12.8. The predicted molar refractivity (Wildman–Crippen MR) is 108 cm³/mol. The van der Waals surface area contributed by atoms with Crippen molar-refractivity contribution >= 4 is 11.6 Å². The zero-order valence-corrected chi connectivity index (χ0v) is 16.5. The fourth-order valence-corrected chi connectivity index (χ4v) is 3.14. The van der Waals surface area contributed by atoms with Gasteiger partial charge in [-0.15, -0.1) is 0 Å². The summed E-state index contributed by atoms with van der Waals surface area (Å²) < 4.78 is 7.19. The first-order valence-electron chi connectivity index (χ1n) is 8.94. The van der Waals surface area contributed by atoms with Crippen LogP contribution in [0.15, 0.2) is 42.5 Å². The molecule has 1 amide bonds. The molecule has 0 unspecified atom stereocenters. The van der Waals surface area contributed by atoms with Crippen LogP contribution in [0.4, 0.5) is 5.69 Å². The topological polar surface area (TPSA) is 56.1 Å². The molecule has 1 heterocycles. The summed E-state index contributed by atoms with van der Waals surface area (Å²) in [5, 5.41) is 7.65. The number of hydrogen-bond acceptors (Lipinski definition) is 3. The highest BCUT2D eigenvalue weighted by Gasteiger charge is 2.17. The standard InChI is InChI=1S/C22H25N3O2/c1-14-9-10-15(2)20(11-14)22(26)23-21-16(3)24-25(17(21)4)13-18-7-6-8-19(12-18)27-5/h6-12H,13H2,1-5H3,(H,23,26). The van der Waals surface area contributed by atoms with Gasteiger partial charge in [-0.25, -0.2) is 0 Å². The number of methoxy groups -OCH3 is 1. The van der Waals surface area contributed by atoms with Crippen molar-refractivity contribution in [3.8, 4) is 5.75 Å². The number of aryl methyl sites for hydroxylation is 3. The summed E-state index contributed by atoms with van der Waals surface area (Å²) in [5.74, 6) is 0.709. The first-order valence-corrected chi connectivity index (χ1v) is 8.94. The predicted octanol–water partition coefficient (Wildman–Crippen LogP) is 4.43. The molecule has 1 aromatic heterocycles. The molecular formula is C22H25N3O2. The number of nitrogens with zero attached hydrogens (tertiary/aromatic N) is 2. The molecule has 0 atom stereocenters. The average molecular weight is 363 g/mol. The molecule has 0 radical (unpaired) electrons. The SMILES string of the molecule is COc1cccc(Cn2nc(C)c(NC(=O)c3cc(C)ccc3C)c2C)c1. The smallest absolute Gasteiger partial charge is 0.256 e. The van der Waals surface area contributed by atoms with E-state index in [1.165, 1.54) is 0 Å². The van der Waals surface area contributed by atoms with Gasteiger partial charge in [0.25, 0.3) is 5.91 Å². The second-order valence-corrected chi connectivity index (χ2v) is 6.83. The number of amides is 1. The van der Waals surface area contributed by atoms with Crippen molar-refractivity contribution in [2.24, 2.45) is 0 Å². The lowest BCUT2D eigenvalue weighted by atomic mass is 10.0. The van der Waals surface area contributed by atoms with Crippen LogP contribution in [0.3, 0.4) is 0 Å². The Labute approximate surface area is 160 Å². The van der Waals surface area contributed by atoms with Gasteiger partial charge in [0.2, 0.25) is 0 Å². The Morgan fingerprint density at radius 2 is 1.89 bits per heavy atom. The Balaban J connectivity index is 1.85. The second kappa shape index (κ2) is 7.66. The van der Waals surface area contributed by atoms with Crippen molar-refractivity contribution in [2.75, 3.05) is 12.4 Å². The van der Waals surface area contributed by atoms with Gasteiger partial charge in [0.05, 0.1) is 30.7 Å². The highest BCUT2D eigenvalue weighted by atomic mass is 16.5. The van der Waals surface area contributed by atoms with E-state index < -0.39 is 0 Å². The van der Waals surface area contributed by atoms with Crippen molar-refractivity contribution < 1.29 is 9.53 Å². The van der Waals surface area contributed by atoms with Gasteiger partial charge in [-0.05, 0) is 57.0 Å². The van der Waals surface area contributed by atoms with E-state index in [9.17, 15) is 4.79 Å². The summed E-state index contributed by atoms with van der Waals surface area (Å²) in [6.45, 7) is 8.43. The summed E-state index contributed by atoms with van der Waals surface area (Å²) in [6.07, 6.45) is 0. The van der Waals surface area contributed by atoms with E-state index in [0.29, 0.717) is 12.1 Å². The molecule has 5 heteroatoms. The van der Waals surface area contributed by atoms with Crippen molar-refractivity contribution in [1.29, 1.82) is 0 Å². The van der Waals surface area contributed by atoms with E-state index in [0.717, 1.165) is 39.5 Å². The molecule has 0 saturated carbocycles. The average Bonchev–Trinajstić information content (AvgIpc) is 2.91. The highest BCUT2D eigenvalue weighted by Crippen LogP contribution is 2.23. The number of hydrogen-bond donors (Lipinski definition) is 1. The van der Waals surface area contributed by atoms with Gasteiger partial charge in [0.1, 0.15) is 5.75 Å². The van der Waals surface area contributed by atoms with Gasteiger partial charge in [-0.3, -0.25) is 9.48 Å². The molecule has 0 fully saturated rings. The molecule has 3 aromatic rings. The summed E-state index contributed by atoms with van der Waals surface area (Å²) in [7, 11) is 1.66. The number of ether oxygens (including phenoxy) is 1. The Bertz CT molecular complexity index is 989. The van der Waals surface area contributed by atoms with Crippen LogP contribution in [0.2, 0.25) is 0 Å². The third kappa shape index (κ3) is 4.03. The van der Waals surface area contributed by atoms with Crippen LogP contribution in [0, 0.1) is 27.7 Å². The van der Waals surface area contributed by atoms with Gasteiger partial charge in [0.15, 0.2) is 0 Å². The maximum absolute atomic E-state index is 12.8. The number of carbonyl (C=O) groups is 1. The van der Waals surface area contributed by atoms with E-state index in [1.54, 1.807) is 7.11 Å². The Morgan fingerprint density at radius 1 is 1.11 bits per heavy atom. The number of carbonyl (C=O) groups excluding carboxylic acids is 1. The molecule has 0 spiro atoms. The fourth-order valence-electron chi connectivity index (χ4n) is 3.14. The maximum atomic E-state index is 12.8. The zero-order chi connectivity index (χ0) is 19.6. The Morgan fingerprint density at radius 3 is 2.63 bits per heavy atom. The summed E-state index contributed by atoms with van der Waals surface area (Å²) in [6, 6.07) is 13.8. The van der Waals surface area contributed by atoms with Crippen molar-refractivity contribution in [2.45, 2.75) is 34.2 Å². The minimum Gasteiger partial charge on any atom is -0.497 e. The molecule has 0 saturated heterocycles. The minimum absolute atomic E-state index is 0.108. The highest BCUT2D eigenvalue weighted by molar-refractivity contribution is 6.06. The van der Waals surface area contributed by atoms with E-state index in [2.05, 4.69) is 10.4 Å². The van der Waals surface area contributed by atoms with Gasteiger partial charge >= 0.3 is 0 Å². The van der Waals surface area contributed by atoms with Crippen LogP contribution in [0.1, 0.15) is 38.4 Å². The molecule has 0 aliphatic carbocycles. The first-order chi connectivity index (χ1) is 12.9. The number of benzene rings is 2. The van der Waals surface area contributed by atoms with Crippen LogP contribution in [0.5, 0.6) is 5.75 Å². The van der Waals surface area contributed by atoms with Crippen molar-refractivity contribution in [1.82, 2.24) is 9.78 Å². The normalized spacial score (nSPS) is 10.7. The van der Waals surface area contributed by atoms with Gasteiger partial charge < -0.3 is 10.1 Å². The fraction of sp³-hybridized carbons (Fsp3) is 0.273. The Kier molecular flexibility index (Phi) is 5.31. The van der Waals surface area contributed by atoms with E-state index in [-0.39, 0.29) is 5.91 Å². The molecule has 2 aromatic carbocycles. The largest absolute Gasteiger partial charge is 0.497 e. The first kappa shape index (κ1) is 18.7. The molecule has 3 rings (SSSR count). The molecular weight excluding hydrogens is 338 g/mol. The van der Waals surface area contributed by atoms with E-state index in [4.69, 9.17) is 4.74 Å². The maximum Gasteiger partial charge on any atom is 0.256 e. The lowest BCUT2D eigenvalue weighted by Gasteiger charge is -2.10. The lowest BCUT2D eigenvalue weighted by Crippen LogP contribution is -2.15. The van der Waals surface area contributed by atoms with E-state index in [1.807, 2.05) is 74.8 Å². The van der Waals surface area contributed by atoms with Crippen LogP contribution in [-0.4, -0.2) is 22.8 Å². The number of anilines is 1. The monoisotopic (exact) mass is 363 g/mol. The number of rotatable bonds is 5. The van der Waals surface area contributed by atoms with E-state index >= 15 is 0 Å². The Hall–Kier alpha value is -3.08. The van der Waals surface area contributed by atoms with Gasteiger partial charge in [-0.1, -0.05) is 29.8 Å². The van der Waals surface area contributed by atoms with Crippen LogP contribution < -0.4 is 10.1 Å². The van der Waals surface area contributed by atoms with Crippen LogP contribution in [-0.2, 0) is 6.54 Å². The second-order valence-electron chi connectivity index (χ2n) is 6.83. The molecule has 1 N–H and O–H groups in total. The summed E-state index contributed by atoms with van der Waals surface area (Å²) in [5.41, 5.74) is 6.29. The van der Waals surface area contributed by atoms with Crippen molar-refractivity contribution in [3.63, 3.8) is 0 Å². The molecule has 5 nitrogen and oxygen atoms in total. The minimum atomic E-state index is -0.108. The third-order valence-electron chi connectivity index (χ3n) is 4.72. The molecule has 140 valence electrons. The summed E-state index contributed by atoms with van der Waals surface area (Å²) >= 11 is 0. The van der Waals surface area contributed by atoms with Gasteiger partial charge in [-0.2, -0.15) is 5.10 Å². The number of aromatic nitrogens is 2. The quantitative estimate of drug-likeness (QED) is 0.730. The molecule has 27 heavy (non-hydrogen) atoms. The molecule has 0 aliphatic rings.